The van der Waals surface area contributed by atoms with Crippen molar-refractivity contribution in [1.29, 1.82) is 10.5 Å². The van der Waals surface area contributed by atoms with Gasteiger partial charge >= 0.3 is 12.1 Å². The van der Waals surface area contributed by atoms with Crippen LogP contribution < -0.4 is 5.32 Å². The zero-order chi connectivity index (χ0) is 28.3. The number of hydrogen-bond acceptors (Lipinski definition) is 8. The SMILES string of the molecule is Cc1cc(-c2sc(NC(=O)N3CCN(C(=O)OC(C)(C)C)[C@H](C#N)C3)nc2-c2cccc(C#N)c2)cc(C)n1. The molecule has 0 spiro atoms. The first-order chi connectivity index (χ1) is 18.5. The zero-order valence-corrected chi connectivity index (χ0v) is 23.3. The maximum absolute atomic E-state index is 13.2. The number of hydrogen-bond donors (Lipinski definition) is 1. The zero-order valence-electron chi connectivity index (χ0n) is 22.5. The lowest BCUT2D eigenvalue weighted by atomic mass is 10.0. The highest BCUT2D eigenvalue weighted by molar-refractivity contribution is 7.19. The molecule has 1 atom stereocenters. The number of amides is 3. The number of nitriles is 2. The van der Waals surface area contributed by atoms with Gasteiger partial charge in [-0.1, -0.05) is 23.5 Å². The molecule has 0 radical (unpaired) electrons. The Kier molecular flexibility index (Phi) is 7.84. The van der Waals surface area contributed by atoms with E-state index < -0.39 is 23.8 Å². The third-order valence-corrected chi connectivity index (χ3v) is 6.91. The number of aromatic nitrogens is 2. The van der Waals surface area contributed by atoms with Gasteiger partial charge in [0.1, 0.15) is 11.6 Å². The minimum Gasteiger partial charge on any atom is -0.444 e. The quantitative estimate of drug-likeness (QED) is 0.471. The van der Waals surface area contributed by atoms with Crippen molar-refractivity contribution in [2.75, 3.05) is 25.0 Å². The van der Waals surface area contributed by atoms with E-state index in [0.717, 1.165) is 27.4 Å². The molecule has 3 aromatic rings. The Bertz CT molecular complexity index is 1480. The van der Waals surface area contributed by atoms with Crippen LogP contribution >= 0.6 is 11.3 Å². The number of piperazine rings is 1. The molecule has 0 unspecified atom stereocenters. The molecule has 0 bridgehead atoms. The van der Waals surface area contributed by atoms with Crippen LogP contribution in [0.25, 0.3) is 21.7 Å². The summed E-state index contributed by atoms with van der Waals surface area (Å²) in [7, 11) is 0. The van der Waals surface area contributed by atoms with E-state index in [9.17, 15) is 20.1 Å². The van der Waals surface area contributed by atoms with Gasteiger partial charge in [-0.15, -0.1) is 0 Å². The van der Waals surface area contributed by atoms with E-state index >= 15 is 0 Å². The molecule has 0 aliphatic carbocycles. The van der Waals surface area contributed by atoms with Crippen LogP contribution in [0.2, 0.25) is 0 Å². The summed E-state index contributed by atoms with van der Waals surface area (Å²) in [5.74, 6) is 0. The third-order valence-electron chi connectivity index (χ3n) is 5.89. The van der Waals surface area contributed by atoms with Crippen molar-refractivity contribution in [2.24, 2.45) is 0 Å². The van der Waals surface area contributed by atoms with Crippen molar-refractivity contribution < 1.29 is 14.3 Å². The number of anilines is 1. The number of ether oxygens (including phenoxy) is 1. The maximum atomic E-state index is 13.2. The Morgan fingerprint density at radius 2 is 1.79 bits per heavy atom. The van der Waals surface area contributed by atoms with Gasteiger partial charge in [0.2, 0.25) is 0 Å². The van der Waals surface area contributed by atoms with Crippen molar-refractivity contribution in [3.8, 4) is 33.8 Å². The van der Waals surface area contributed by atoms with Crippen LogP contribution in [-0.4, -0.2) is 63.2 Å². The average Bonchev–Trinajstić information content (AvgIpc) is 3.30. The number of carbonyl (C=O) groups is 2. The van der Waals surface area contributed by atoms with Gasteiger partial charge in [-0.25, -0.2) is 14.6 Å². The Balaban J connectivity index is 1.59. The number of urea groups is 1. The first-order valence-electron chi connectivity index (χ1n) is 12.4. The van der Waals surface area contributed by atoms with Gasteiger partial charge in [0, 0.05) is 30.0 Å². The molecule has 39 heavy (non-hydrogen) atoms. The van der Waals surface area contributed by atoms with Gasteiger partial charge < -0.3 is 9.64 Å². The summed E-state index contributed by atoms with van der Waals surface area (Å²) in [6, 6.07) is 14.1. The van der Waals surface area contributed by atoms with Crippen LogP contribution in [0.15, 0.2) is 36.4 Å². The normalized spacial score (nSPS) is 15.3. The highest BCUT2D eigenvalue weighted by Crippen LogP contribution is 2.39. The average molecular weight is 544 g/mol. The standard InChI is InChI=1S/C28H29N7O3S/c1-17-11-21(12-18(2)31-17)24-23(20-8-6-7-19(13-20)14-29)32-25(39-24)33-26(36)34-9-10-35(22(15-30)16-34)27(37)38-28(3,4)5/h6-8,11-13,22H,9-10,16H2,1-5H3,(H,32,33,36)/t22-/m1/s1. The lowest BCUT2D eigenvalue weighted by molar-refractivity contribution is 0.0102. The fourth-order valence-corrected chi connectivity index (χ4v) is 5.22. The van der Waals surface area contributed by atoms with Crippen molar-refractivity contribution in [1.82, 2.24) is 19.8 Å². The number of carbonyl (C=O) groups excluding carboxylic acids is 2. The first-order valence-corrected chi connectivity index (χ1v) is 13.2. The molecule has 200 valence electrons. The Hall–Kier alpha value is -4.48. The lowest BCUT2D eigenvalue weighted by Crippen LogP contribution is -2.57. The van der Waals surface area contributed by atoms with Gasteiger partial charge in [-0.3, -0.25) is 15.2 Å². The largest absolute Gasteiger partial charge is 0.444 e. The fraction of sp³-hybridized carbons (Fsp3) is 0.357. The molecule has 0 saturated carbocycles. The van der Waals surface area contributed by atoms with Crippen LogP contribution in [-0.2, 0) is 4.74 Å². The minimum absolute atomic E-state index is 0.0413. The van der Waals surface area contributed by atoms with Crippen LogP contribution in [0.3, 0.4) is 0 Å². The number of thiazole rings is 1. The van der Waals surface area contributed by atoms with Crippen molar-refractivity contribution in [3.63, 3.8) is 0 Å². The molecule has 10 nitrogen and oxygen atoms in total. The van der Waals surface area contributed by atoms with Gasteiger partial charge in [0.05, 0.1) is 34.8 Å². The number of benzene rings is 1. The molecular formula is C28H29N7O3S. The second-order valence-corrected chi connectivity index (χ2v) is 11.2. The molecule has 1 aromatic carbocycles. The van der Waals surface area contributed by atoms with E-state index in [1.807, 2.05) is 32.0 Å². The molecule has 2 aromatic heterocycles. The number of pyridine rings is 1. The maximum Gasteiger partial charge on any atom is 0.411 e. The number of nitrogens with zero attached hydrogens (tertiary/aromatic N) is 6. The van der Waals surface area contributed by atoms with Gasteiger partial charge in [-0.05, 0) is 64.4 Å². The van der Waals surface area contributed by atoms with E-state index in [4.69, 9.17) is 9.72 Å². The summed E-state index contributed by atoms with van der Waals surface area (Å²) in [5, 5.41) is 22.3. The second-order valence-electron chi connectivity index (χ2n) is 10.2. The van der Waals surface area contributed by atoms with Crippen molar-refractivity contribution >= 4 is 28.6 Å². The predicted molar refractivity (Wildman–Crippen MR) is 148 cm³/mol. The van der Waals surface area contributed by atoms with E-state index in [-0.39, 0.29) is 19.6 Å². The Morgan fingerprint density at radius 1 is 1.08 bits per heavy atom. The van der Waals surface area contributed by atoms with Crippen LogP contribution in [0, 0.1) is 36.5 Å². The van der Waals surface area contributed by atoms with Crippen molar-refractivity contribution in [3.05, 3.63) is 53.3 Å². The monoisotopic (exact) mass is 543 g/mol. The summed E-state index contributed by atoms with van der Waals surface area (Å²) in [6.45, 7) is 9.57. The van der Waals surface area contributed by atoms with E-state index in [1.54, 1.807) is 39.0 Å². The Labute approximate surface area is 231 Å². The van der Waals surface area contributed by atoms with E-state index in [1.165, 1.54) is 21.1 Å². The highest BCUT2D eigenvalue weighted by Gasteiger charge is 2.35. The topological polar surface area (TPSA) is 135 Å². The second kappa shape index (κ2) is 11.1. The summed E-state index contributed by atoms with van der Waals surface area (Å²) in [6.07, 6.45) is -0.578. The molecule has 1 saturated heterocycles. The molecule has 3 heterocycles. The first kappa shape index (κ1) is 27.6. The van der Waals surface area contributed by atoms with Gasteiger partial charge in [0.15, 0.2) is 5.13 Å². The molecule has 4 rings (SSSR count). The Morgan fingerprint density at radius 3 is 2.44 bits per heavy atom. The number of aryl methyl sites for hydroxylation is 2. The van der Waals surface area contributed by atoms with Crippen LogP contribution in [0.1, 0.15) is 37.7 Å². The number of rotatable bonds is 3. The van der Waals surface area contributed by atoms with Gasteiger partial charge in [0.25, 0.3) is 0 Å². The summed E-state index contributed by atoms with van der Waals surface area (Å²) >= 11 is 1.32. The summed E-state index contributed by atoms with van der Waals surface area (Å²) in [5.41, 5.74) is 3.82. The third kappa shape index (κ3) is 6.51. The summed E-state index contributed by atoms with van der Waals surface area (Å²) < 4.78 is 5.42. The van der Waals surface area contributed by atoms with Crippen molar-refractivity contribution in [2.45, 2.75) is 46.3 Å². The molecule has 1 aliphatic rings. The minimum atomic E-state index is -0.835. The fourth-order valence-electron chi connectivity index (χ4n) is 4.25. The van der Waals surface area contributed by atoms with Gasteiger partial charge in [-0.2, -0.15) is 10.5 Å². The molecule has 1 fully saturated rings. The predicted octanol–water partition coefficient (Wildman–Crippen LogP) is 5.34. The van der Waals surface area contributed by atoms with Crippen LogP contribution in [0.5, 0.6) is 0 Å². The number of nitrogens with one attached hydrogen (secondary N) is 1. The van der Waals surface area contributed by atoms with E-state index in [2.05, 4.69) is 22.4 Å². The molecular weight excluding hydrogens is 514 g/mol. The van der Waals surface area contributed by atoms with Crippen LogP contribution in [0.4, 0.5) is 14.7 Å². The smallest absolute Gasteiger partial charge is 0.411 e. The highest BCUT2D eigenvalue weighted by atomic mass is 32.1. The molecule has 11 heteroatoms. The molecule has 1 aliphatic heterocycles. The summed E-state index contributed by atoms with van der Waals surface area (Å²) in [4.78, 5) is 38.6. The van der Waals surface area contributed by atoms with E-state index in [0.29, 0.717) is 16.4 Å². The lowest BCUT2D eigenvalue weighted by Gasteiger charge is -2.38. The molecule has 3 amide bonds. The molecule has 1 N–H and O–H groups in total.